The summed E-state index contributed by atoms with van der Waals surface area (Å²) in [5, 5.41) is 10.3. The van der Waals surface area contributed by atoms with Crippen molar-refractivity contribution < 1.29 is 23.1 Å². The van der Waals surface area contributed by atoms with Crippen molar-refractivity contribution >= 4 is 33.2 Å². The van der Waals surface area contributed by atoms with Crippen LogP contribution in [0.1, 0.15) is 9.67 Å². The molecule has 1 aromatic heterocycles. The van der Waals surface area contributed by atoms with E-state index < -0.39 is 16.2 Å². The van der Waals surface area contributed by atoms with E-state index in [1.165, 1.54) is 18.6 Å². The SMILES string of the molecule is COCCNS(=O)(=O)Nc1ccsc1C(=O)O. The summed E-state index contributed by atoms with van der Waals surface area (Å²) < 4.78 is 32.0. The lowest BCUT2D eigenvalue weighted by Gasteiger charge is -2.08. The molecule has 0 aliphatic rings. The van der Waals surface area contributed by atoms with Gasteiger partial charge >= 0.3 is 5.97 Å². The highest BCUT2D eigenvalue weighted by atomic mass is 32.2. The lowest BCUT2D eigenvalue weighted by atomic mass is 10.4. The number of carboxylic acid groups (broad SMARTS) is 1. The van der Waals surface area contributed by atoms with Crippen molar-refractivity contribution in [3.63, 3.8) is 0 Å². The second-order valence-electron chi connectivity index (χ2n) is 2.96. The number of rotatable bonds is 7. The normalized spacial score (nSPS) is 11.4. The van der Waals surface area contributed by atoms with E-state index in [9.17, 15) is 13.2 Å². The van der Waals surface area contributed by atoms with Gasteiger partial charge < -0.3 is 9.84 Å². The summed E-state index contributed by atoms with van der Waals surface area (Å²) >= 11 is 0.948. The van der Waals surface area contributed by atoms with Gasteiger partial charge in [-0.2, -0.15) is 13.1 Å². The summed E-state index contributed by atoms with van der Waals surface area (Å²) in [6.45, 7) is 0.342. The Balaban J connectivity index is 2.69. The highest BCUT2D eigenvalue weighted by molar-refractivity contribution is 7.90. The monoisotopic (exact) mass is 280 g/mol. The van der Waals surface area contributed by atoms with Gasteiger partial charge in [0.2, 0.25) is 0 Å². The first-order chi connectivity index (χ1) is 7.96. The van der Waals surface area contributed by atoms with Crippen molar-refractivity contribution in [2.75, 3.05) is 25.0 Å². The second-order valence-corrected chi connectivity index (χ2v) is 5.38. The van der Waals surface area contributed by atoms with E-state index in [0.29, 0.717) is 0 Å². The van der Waals surface area contributed by atoms with Gasteiger partial charge in [0, 0.05) is 13.7 Å². The topological polar surface area (TPSA) is 105 Å². The first kappa shape index (κ1) is 13.9. The third kappa shape index (κ3) is 4.30. The molecule has 3 N–H and O–H groups in total. The molecule has 7 nitrogen and oxygen atoms in total. The Labute approximate surface area is 103 Å². The van der Waals surface area contributed by atoms with Crippen molar-refractivity contribution in [1.29, 1.82) is 0 Å². The van der Waals surface area contributed by atoms with Crippen LogP contribution in [0.25, 0.3) is 0 Å². The summed E-state index contributed by atoms with van der Waals surface area (Å²) in [5.41, 5.74) is 0.0485. The molecule has 0 atom stereocenters. The molecule has 1 heterocycles. The van der Waals surface area contributed by atoms with E-state index in [0.717, 1.165) is 11.3 Å². The lowest BCUT2D eigenvalue weighted by molar-refractivity contribution is 0.0703. The van der Waals surface area contributed by atoms with Crippen LogP contribution < -0.4 is 9.44 Å². The van der Waals surface area contributed by atoms with Crippen LogP contribution in [0.15, 0.2) is 11.4 Å². The van der Waals surface area contributed by atoms with Crippen LogP contribution in [0.5, 0.6) is 0 Å². The molecule has 0 aliphatic heterocycles. The van der Waals surface area contributed by atoms with Gasteiger partial charge in [-0.3, -0.25) is 4.72 Å². The van der Waals surface area contributed by atoms with Crippen molar-refractivity contribution in [2.45, 2.75) is 0 Å². The van der Waals surface area contributed by atoms with Gasteiger partial charge in [-0.25, -0.2) is 4.79 Å². The zero-order valence-corrected chi connectivity index (χ0v) is 10.6. The number of carboxylic acids is 1. The van der Waals surface area contributed by atoms with E-state index in [2.05, 4.69) is 14.2 Å². The molecule has 1 rings (SSSR count). The summed E-state index contributed by atoms with van der Waals surface area (Å²) in [5.74, 6) is -1.17. The van der Waals surface area contributed by atoms with E-state index in [1.54, 1.807) is 0 Å². The van der Waals surface area contributed by atoms with Gasteiger partial charge in [0.25, 0.3) is 10.2 Å². The Morgan fingerprint density at radius 1 is 1.59 bits per heavy atom. The van der Waals surface area contributed by atoms with Crippen LogP contribution in [0, 0.1) is 0 Å². The maximum absolute atomic E-state index is 11.5. The Kier molecular flexibility index (Phi) is 4.87. The Morgan fingerprint density at radius 3 is 2.88 bits per heavy atom. The van der Waals surface area contributed by atoms with Crippen molar-refractivity contribution in [3.05, 3.63) is 16.3 Å². The van der Waals surface area contributed by atoms with Gasteiger partial charge in [-0.05, 0) is 11.4 Å². The van der Waals surface area contributed by atoms with E-state index in [1.807, 2.05) is 0 Å². The molecule has 0 radical (unpaired) electrons. The predicted molar refractivity (Wildman–Crippen MR) is 63.7 cm³/mol. The minimum Gasteiger partial charge on any atom is -0.477 e. The smallest absolute Gasteiger partial charge is 0.348 e. The third-order valence-electron chi connectivity index (χ3n) is 1.70. The summed E-state index contributed by atoms with van der Waals surface area (Å²) in [6, 6.07) is 1.39. The maximum atomic E-state index is 11.5. The Morgan fingerprint density at radius 2 is 2.29 bits per heavy atom. The number of thiophene rings is 1. The molecule has 0 fully saturated rings. The lowest BCUT2D eigenvalue weighted by Crippen LogP contribution is -2.32. The highest BCUT2D eigenvalue weighted by Crippen LogP contribution is 2.22. The largest absolute Gasteiger partial charge is 0.477 e. The minimum absolute atomic E-state index is 0.0485. The van der Waals surface area contributed by atoms with Crippen LogP contribution in [-0.4, -0.2) is 39.8 Å². The van der Waals surface area contributed by atoms with Crippen molar-refractivity contribution in [3.8, 4) is 0 Å². The van der Waals surface area contributed by atoms with Crippen LogP contribution in [0.3, 0.4) is 0 Å². The van der Waals surface area contributed by atoms with E-state index in [-0.39, 0.29) is 23.7 Å². The summed E-state index contributed by atoms with van der Waals surface area (Å²) in [4.78, 5) is 10.7. The summed E-state index contributed by atoms with van der Waals surface area (Å²) in [6.07, 6.45) is 0. The van der Waals surface area contributed by atoms with Crippen LogP contribution >= 0.6 is 11.3 Å². The number of anilines is 1. The third-order valence-corrected chi connectivity index (χ3v) is 3.68. The molecule has 0 spiro atoms. The number of hydrogen-bond donors (Lipinski definition) is 3. The molecular formula is C8H12N2O5S2. The van der Waals surface area contributed by atoms with Gasteiger partial charge in [0.15, 0.2) is 0 Å². The molecule has 0 unspecified atom stereocenters. The molecular weight excluding hydrogens is 268 g/mol. The van der Waals surface area contributed by atoms with Gasteiger partial charge in [0.1, 0.15) is 4.88 Å². The number of nitrogens with one attached hydrogen (secondary N) is 2. The maximum Gasteiger partial charge on any atom is 0.348 e. The standard InChI is InChI=1S/C8H12N2O5S2/c1-15-4-3-9-17(13,14)10-6-2-5-16-7(6)8(11)12/h2,5,9-10H,3-4H2,1H3,(H,11,12). The van der Waals surface area contributed by atoms with Crippen molar-refractivity contribution in [2.24, 2.45) is 0 Å². The zero-order chi connectivity index (χ0) is 12.9. The first-order valence-corrected chi connectivity index (χ1v) is 6.89. The molecule has 0 saturated carbocycles. The fourth-order valence-electron chi connectivity index (χ4n) is 1.01. The quantitative estimate of drug-likeness (QED) is 0.625. The zero-order valence-electron chi connectivity index (χ0n) is 8.97. The molecule has 0 saturated heterocycles. The summed E-state index contributed by atoms with van der Waals surface area (Å²) in [7, 11) is -2.32. The number of methoxy groups -OCH3 is 1. The number of ether oxygens (including phenoxy) is 1. The van der Waals surface area contributed by atoms with Gasteiger partial charge in [-0.15, -0.1) is 11.3 Å². The number of aromatic carboxylic acids is 1. The average molecular weight is 280 g/mol. The molecule has 0 amide bonds. The number of hydrogen-bond acceptors (Lipinski definition) is 5. The Hall–Kier alpha value is -1.16. The molecule has 0 bridgehead atoms. The molecule has 1 aromatic rings. The highest BCUT2D eigenvalue weighted by Gasteiger charge is 2.16. The van der Waals surface area contributed by atoms with Gasteiger partial charge in [-0.1, -0.05) is 0 Å². The molecule has 17 heavy (non-hydrogen) atoms. The minimum atomic E-state index is -3.77. The number of carbonyl (C=O) groups is 1. The molecule has 96 valence electrons. The van der Waals surface area contributed by atoms with Crippen molar-refractivity contribution in [1.82, 2.24) is 4.72 Å². The fraction of sp³-hybridized carbons (Fsp3) is 0.375. The van der Waals surface area contributed by atoms with Crippen LogP contribution in [-0.2, 0) is 14.9 Å². The van der Waals surface area contributed by atoms with E-state index >= 15 is 0 Å². The first-order valence-electron chi connectivity index (χ1n) is 4.53. The molecule has 0 aliphatic carbocycles. The fourth-order valence-corrected chi connectivity index (χ4v) is 2.65. The second kappa shape index (κ2) is 5.96. The van der Waals surface area contributed by atoms with Gasteiger partial charge in [0.05, 0.1) is 12.3 Å². The van der Waals surface area contributed by atoms with E-state index in [4.69, 9.17) is 5.11 Å². The van der Waals surface area contributed by atoms with Crippen LogP contribution in [0.4, 0.5) is 5.69 Å². The molecule has 0 aromatic carbocycles. The predicted octanol–water partition coefficient (Wildman–Crippen LogP) is 0.339. The van der Waals surface area contributed by atoms with Crippen LogP contribution in [0.2, 0.25) is 0 Å². The molecule has 9 heteroatoms. The Bertz CT molecular complexity index is 482. The average Bonchev–Trinajstić information content (AvgIpc) is 2.65.